The summed E-state index contributed by atoms with van der Waals surface area (Å²) in [7, 11) is 3.84. The van der Waals surface area contributed by atoms with Crippen LogP contribution in [0.4, 0.5) is 11.4 Å². The van der Waals surface area contributed by atoms with E-state index >= 15 is 0 Å². The lowest BCUT2D eigenvalue weighted by atomic mass is 9.80. The highest BCUT2D eigenvalue weighted by molar-refractivity contribution is 5.83. The normalized spacial score (nSPS) is 17.5. The molecular weight excluding hydrogens is 384 g/mol. The Balaban J connectivity index is 1.46. The molecule has 0 N–H and O–H groups in total. The van der Waals surface area contributed by atoms with Crippen molar-refractivity contribution >= 4 is 17.6 Å². The molecule has 0 bridgehead atoms. The lowest BCUT2D eigenvalue weighted by molar-refractivity contribution is 0.395. The van der Waals surface area contributed by atoms with Crippen molar-refractivity contribution in [3.05, 3.63) is 77.9 Å². The lowest BCUT2D eigenvalue weighted by Gasteiger charge is -2.45. The van der Waals surface area contributed by atoms with E-state index in [4.69, 9.17) is 9.47 Å². The molecule has 3 aromatic carbocycles. The second-order valence-electron chi connectivity index (χ2n) is 8.82. The third kappa shape index (κ3) is 4.58. The minimum absolute atomic E-state index is 0.178. The molecule has 4 rings (SSSR count). The standard InChI is InChI=1S/C27H30N2O2/c1-19-17-27(2,3)29(4)26-15-6-20(16-25(19)26)18-28-21-7-9-23(10-8-21)31-24-13-11-22(30-5)12-14-24/h6-16,18-19H,17H2,1-5H3/t19-/m0/s1. The van der Waals surface area contributed by atoms with Crippen LogP contribution in [0, 0.1) is 0 Å². The van der Waals surface area contributed by atoms with Crippen LogP contribution in [0.2, 0.25) is 0 Å². The molecule has 0 saturated carbocycles. The second kappa shape index (κ2) is 8.46. The van der Waals surface area contributed by atoms with Gasteiger partial charge in [-0.25, -0.2) is 0 Å². The fourth-order valence-corrected chi connectivity index (χ4v) is 4.20. The van der Waals surface area contributed by atoms with E-state index in [2.05, 4.69) is 55.9 Å². The summed E-state index contributed by atoms with van der Waals surface area (Å²) in [5.74, 6) is 2.89. The lowest BCUT2D eigenvalue weighted by Crippen LogP contribution is -2.45. The van der Waals surface area contributed by atoms with Crippen LogP contribution in [0.3, 0.4) is 0 Å². The average Bonchev–Trinajstić information content (AvgIpc) is 2.77. The maximum Gasteiger partial charge on any atom is 0.127 e. The van der Waals surface area contributed by atoms with Crippen LogP contribution < -0.4 is 14.4 Å². The molecule has 160 valence electrons. The Morgan fingerprint density at radius 2 is 1.55 bits per heavy atom. The number of nitrogens with zero attached hydrogens (tertiary/aromatic N) is 2. The molecule has 0 fully saturated rings. The summed E-state index contributed by atoms with van der Waals surface area (Å²) in [5.41, 5.74) is 4.91. The van der Waals surface area contributed by atoms with E-state index in [0.717, 1.165) is 34.9 Å². The Kier molecular flexibility index (Phi) is 5.73. The Labute approximate surface area is 185 Å². The minimum Gasteiger partial charge on any atom is -0.497 e. The van der Waals surface area contributed by atoms with Gasteiger partial charge in [0.25, 0.3) is 0 Å². The van der Waals surface area contributed by atoms with E-state index in [1.807, 2.05) is 54.7 Å². The molecule has 0 unspecified atom stereocenters. The number of ether oxygens (including phenoxy) is 2. The molecule has 0 saturated heterocycles. The van der Waals surface area contributed by atoms with E-state index in [9.17, 15) is 0 Å². The zero-order chi connectivity index (χ0) is 22.0. The third-order valence-electron chi connectivity index (χ3n) is 6.15. The molecule has 4 nitrogen and oxygen atoms in total. The van der Waals surface area contributed by atoms with Crippen LogP contribution >= 0.6 is 0 Å². The molecule has 31 heavy (non-hydrogen) atoms. The van der Waals surface area contributed by atoms with Crippen LogP contribution in [0.1, 0.15) is 44.2 Å². The fraction of sp³-hybridized carbons (Fsp3) is 0.296. The van der Waals surface area contributed by atoms with Crippen LogP contribution in [0.5, 0.6) is 17.2 Å². The van der Waals surface area contributed by atoms with Crippen molar-refractivity contribution in [1.29, 1.82) is 0 Å². The molecule has 0 spiro atoms. The summed E-state index contributed by atoms with van der Waals surface area (Å²) in [6.07, 6.45) is 3.08. The van der Waals surface area contributed by atoms with Gasteiger partial charge < -0.3 is 14.4 Å². The molecule has 0 aromatic heterocycles. The monoisotopic (exact) mass is 414 g/mol. The van der Waals surface area contributed by atoms with Crippen molar-refractivity contribution in [2.24, 2.45) is 4.99 Å². The summed E-state index contributed by atoms with van der Waals surface area (Å²) in [5, 5.41) is 0. The number of anilines is 1. The van der Waals surface area contributed by atoms with Gasteiger partial charge in [-0.15, -0.1) is 0 Å². The van der Waals surface area contributed by atoms with Crippen LogP contribution in [0.15, 0.2) is 71.7 Å². The first kappa shape index (κ1) is 21.0. The molecule has 0 aliphatic carbocycles. The van der Waals surface area contributed by atoms with E-state index in [-0.39, 0.29) is 5.54 Å². The van der Waals surface area contributed by atoms with Gasteiger partial charge in [0.15, 0.2) is 0 Å². The fourth-order valence-electron chi connectivity index (χ4n) is 4.20. The average molecular weight is 415 g/mol. The maximum atomic E-state index is 5.88. The van der Waals surface area contributed by atoms with Crippen molar-refractivity contribution in [3.8, 4) is 17.2 Å². The molecule has 1 aliphatic heterocycles. The summed E-state index contributed by atoms with van der Waals surface area (Å²) < 4.78 is 11.1. The molecule has 3 aromatic rings. The van der Waals surface area contributed by atoms with E-state index < -0.39 is 0 Å². The number of hydrogen-bond donors (Lipinski definition) is 0. The van der Waals surface area contributed by atoms with Gasteiger partial charge >= 0.3 is 0 Å². The number of aliphatic imine (C=N–C) groups is 1. The largest absolute Gasteiger partial charge is 0.497 e. The van der Waals surface area contributed by atoms with Gasteiger partial charge in [0.05, 0.1) is 12.8 Å². The Bertz CT molecular complexity index is 1070. The Morgan fingerprint density at radius 3 is 2.19 bits per heavy atom. The second-order valence-corrected chi connectivity index (χ2v) is 8.82. The van der Waals surface area contributed by atoms with Crippen LogP contribution in [-0.4, -0.2) is 25.9 Å². The van der Waals surface area contributed by atoms with E-state index in [1.165, 1.54) is 11.3 Å². The van der Waals surface area contributed by atoms with Crippen molar-refractivity contribution in [1.82, 2.24) is 0 Å². The molecule has 0 amide bonds. The van der Waals surface area contributed by atoms with Gasteiger partial charge in [0, 0.05) is 24.5 Å². The third-order valence-corrected chi connectivity index (χ3v) is 6.15. The zero-order valence-electron chi connectivity index (χ0n) is 18.9. The summed E-state index contributed by atoms with van der Waals surface area (Å²) >= 11 is 0. The van der Waals surface area contributed by atoms with Gasteiger partial charge in [-0.3, -0.25) is 4.99 Å². The Morgan fingerprint density at radius 1 is 0.935 bits per heavy atom. The van der Waals surface area contributed by atoms with Gasteiger partial charge in [0.2, 0.25) is 0 Å². The highest BCUT2D eigenvalue weighted by Crippen LogP contribution is 2.42. The predicted molar refractivity (Wildman–Crippen MR) is 129 cm³/mol. The van der Waals surface area contributed by atoms with Gasteiger partial charge in [0.1, 0.15) is 17.2 Å². The van der Waals surface area contributed by atoms with Crippen molar-refractivity contribution < 1.29 is 9.47 Å². The summed E-state index contributed by atoms with van der Waals surface area (Å²) in [6, 6.07) is 22.0. The first-order chi connectivity index (χ1) is 14.9. The van der Waals surface area contributed by atoms with Crippen LogP contribution in [-0.2, 0) is 0 Å². The van der Waals surface area contributed by atoms with Crippen molar-refractivity contribution in [2.75, 3.05) is 19.1 Å². The zero-order valence-corrected chi connectivity index (χ0v) is 18.9. The van der Waals surface area contributed by atoms with E-state index in [1.54, 1.807) is 7.11 Å². The quantitative estimate of drug-likeness (QED) is 0.423. The number of fused-ring (bicyclic) bond motifs is 1. The number of hydrogen-bond acceptors (Lipinski definition) is 4. The highest BCUT2D eigenvalue weighted by atomic mass is 16.5. The van der Waals surface area contributed by atoms with Crippen LogP contribution in [0.25, 0.3) is 0 Å². The van der Waals surface area contributed by atoms with Gasteiger partial charge in [-0.1, -0.05) is 13.0 Å². The predicted octanol–water partition coefficient (Wildman–Crippen LogP) is 6.96. The summed E-state index contributed by atoms with van der Waals surface area (Å²) in [4.78, 5) is 7.05. The molecule has 1 aliphatic rings. The highest BCUT2D eigenvalue weighted by Gasteiger charge is 2.33. The molecule has 0 radical (unpaired) electrons. The Hall–Kier alpha value is -3.27. The number of benzene rings is 3. The molecule has 1 heterocycles. The van der Waals surface area contributed by atoms with Crippen molar-refractivity contribution in [3.63, 3.8) is 0 Å². The molecule has 1 atom stereocenters. The van der Waals surface area contributed by atoms with E-state index in [0.29, 0.717) is 5.92 Å². The smallest absolute Gasteiger partial charge is 0.127 e. The maximum absolute atomic E-state index is 5.88. The number of rotatable bonds is 5. The van der Waals surface area contributed by atoms with Gasteiger partial charge in [-0.05, 0) is 98.0 Å². The first-order valence-corrected chi connectivity index (χ1v) is 10.7. The number of methoxy groups -OCH3 is 1. The topological polar surface area (TPSA) is 34.1 Å². The minimum atomic E-state index is 0.178. The SMILES string of the molecule is COc1ccc(Oc2ccc(N=Cc3ccc4c(c3)[C@@H](C)CC(C)(C)N4C)cc2)cc1. The molecular formula is C27H30N2O2. The van der Waals surface area contributed by atoms with Gasteiger partial charge in [-0.2, -0.15) is 0 Å². The van der Waals surface area contributed by atoms with Crippen molar-refractivity contribution in [2.45, 2.75) is 38.6 Å². The summed E-state index contributed by atoms with van der Waals surface area (Å²) in [6.45, 7) is 6.93. The molecule has 4 heteroatoms. The first-order valence-electron chi connectivity index (χ1n) is 10.7.